The van der Waals surface area contributed by atoms with E-state index in [-0.39, 0.29) is 24.1 Å². The van der Waals surface area contributed by atoms with E-state index in [9.17, 15) is 14.0 Å². The van der Waals surface area contributed by atoms with E-state index in [1.807, 2.05) is 11.0 Å². The van der Waals surface area contributed by atoms with E-state index < -0.39 is 6.04 Å². The summed E-state index contributed by atoms with van der Waals surface area (Å²) in [6.45, 7) is 1.14. The van der Waals surface area contributed by atoms with Crippen LogP contribution in [0.15, 0.2) is 42.5 Å². The van der Waals surface area contributed by atoms with Crippen molar-refractivity contribution in [2.75, 3.05) is 18.6 Å². The fourth-order valence-corrected chi connectivity index (χ4v) is 4.41. The zero-order chi connectivity index (χ0) is 20.1. The second-order valence-electron chi connectivity index (χ2n) is 7.45. The Balaban J connectivity index is 1.44. The highest BCUT2D eigenvalue weighted by molar-refractivity contribution is 6.22. The lowest BCUT2D eigenvalue weighted by Crippen LogP contribution is -2.44. The van der Waals surface area contributed by atoms with Crippen molar-refractivity contribution in [1.29, 1.82) is 0 Å². The average Bonchev–Trinajstić information content (AvgIpc) is 3.25. The Morgan fingerprint density at radius 3 is 2.83 bits per heavy atom. The minimum atomic E-state index is -0.514. The number of rotatable bonds is 3. The molecule has 148 valence electrons. The molecule has 0 bridgehead atoms. The fraction of sp³-hybridized carbons (Fsp3) is 0.273. The summed E-state index contributed by atoms with van der Waals surface area (Å²) in [6, 6.07) is 11.5. The Labute approximate surface area is 166 Å². The number of aromatic amines is 1. The highest BCUT2D eigenvalue weighted by Crippen LogP contribution is 2.33. The van der Waals surface area contributed by atoms with Crippen LogP contribution >= 0.6 is 0 Å². The first-order valence-corrected chi connectivity index (χ1v) is 9.59. The molecule has 3 aromatic rings. The lowest BCUT2D eigenvalue weighted by molar-refractivity contribution is -0.123. The third-order valence-electron chi connectivity index (χ3n) is 5.86. The SMILES string of the molecule is COc1cccc(N2C(=O)CC(N3CCc4[nH]c5c(F)cccc5c4C3)C2=O)c1. The Morgan fingerprint density at radius 2 is 2.00 bits per heavy atom. The fourth-order valence-electron chi connectivity index (χ4n) is 4.41. The van der Waals surface area contributed by atoms with Gasteiger partial charge in [0.25, 0.3) is 5.91 Å². The zero-order valence-corrected chi connectivity index (χ0v) is 15.9. The minimum absolute atomic E-state index is 0.141. The van der Waals surface area contributed by atoms with Crippen molar-refractivity contribution in [2.45, 2.75) is 25.4 Å². The van der Waals surface area contributed by atoms with Gasteiger partial charge in [-0.25, -0.2) is 9.29 Å². The van der Waals surface area contributed by atoms with E-state index in [4.69, 9.17) is 4.74 Å². The molecule has 7 heteroatoms. The van der Waals surface area contributed by atoms with Gasteiger partial charge in [0.1, 0.15) is 11.6 Å². The molecule has 6 nitrogen and oxygen atoms in total. The molecule has 1 unspecified atom stereocenters. The van der Waals surface area contributed by atoms with E-state index in [0.717, 1.165) is 16.6 Å². The van der Waals surface area contributed by atoms with Crippen LogP contribution in [0.4, 0.5) is 10.1 Å². The molecule has 3 heterocycles. The maximum Gasteiger partial charge on any atom is 0.251 e. The number of methoxy groups -OCH3 is 1. The molecule has 0 spiro atoms. The first-order valence-electron chi connectivity index (χ1n) is 9.59. The third kappa shape index (κ3) is 2.81. The van der Waals surface area contributed by atoms with Crippen molar-refractivity contribution < 1.29 is 18.7 Å². The van der Waals surface area contributed by atoms with Crippen molar-refractivity contribution in [3.8, 4) is 5.75 Å². The molecule has 1 N–H and O–H groups in total. The summed E-state index contributed by atoms with van der Waals surface area (Å²) < 4.78 is 19.3. The maximum absolute atomic E-state index is 14.1. The van der Waals surface area contributed by atoms with Gasteiger partial charge in [0, 0.05) is 36.7 Å². The summed E-state index contributed by atoms with van der Waals surface area (Å²) in [4.78, 5) is 32.3. The van der Waals surface area contributed by atoms with Crippen LogP contribution in [0, 0.1) is 5.82 Å². The molecule has 2 aliphatic rings. The molecule has 29 heavy (non-hydrogen) atoms. The van der Waals surface area contributed by atoms with E-state index in [1.54, 1.807) is 37.4 Å². The number of H-pyrrole nitrogens is 1. The molecule has 2 amide bonds. The number of halogens is 1. The zero-order valence-electron chi connectivity index (χ0n) is 15.9. The highest BCUT2D eigenvalue weighted by Gasteiger charge is 2.43. The molecule has 2 aromatic carbocycles. The van der Waals surface area contributed by atoms with Crippen molar-refractivity contribution in [1.82, 2.24) is 9.88 Å². The van der Waals surface area contributed by atoms with Gasteiger partial charge < -0.3 is 9.72 Å². The molecule has 1 aromatic heterocycles. The smallest absolute Gasteiger partial charge is 0.251 e. The number of carbonyl (C=O) groups excluding carboxylic acids is 2. The summed E-state index contributed by atoms with van der Waals surface area (Å²) in [5, 5.41) is 0.839. The lowest BCUT2D eigenvalue weighted by atomic mass is 10.0. The van der Waals surface area contributed by atoms with Gasteiger partial charge in [0.05, 0.1) is 30.8 Å². The number of fused-ring (bicyclic) bond motifs is 3. The monoisotopic (exact) mass is 393 g/mol. The molecule has 5 rings (SSSR count). The first kappa shape index (κ1) is 17.9. The maximum atomic E-state index is 14.1. The van der Waals surface area contributed by atoms with Gasteiger partial charge in [0.15, 0.2) is 0 Å². The number of ether oxygens (including phenoxy) is 1. The van der Waals surface area contributed by atoms with E-state index in [0.29, 0.717) is 36.5 Å². The second kappa shape index (κ2) is 6.70. The third-order valence-corrected chi connectivity index (χ3v) is 5.86. The number of benzene rings is 2. The second-order valence-corrected chi connectivity index (χ2v) is 7.45. The van der Waals surface area contributed by atoms with Crippen molar-refractivity contribution in [2.24, 2.45) is 0 Å². The van der Waals surface area contributed by atoms with Crippen LogP contribution in [0.25, 0.3) is 10.9 Å². The van der Waals surface area contributed by atoms with Crippen molar-refractivity contribution in [3.63, 3.8) is 0 Å². The number of hydrogen-bond donors (Lipinski definition) is 1. The van der Waals surface area contributed by atoms with Crippen molar-refractivity contribution in [3.05, 3.63) is 59.5 Å². The summed E-state index contributed by atoms with van der Waals surface area (Å²) in [7, 11) is 1.55. The lowest BCUT2D eigenvalue weighted by Gasteiger charge is -2.31. The summed E-state index contributed by atoms with van der Waals surface area (Å²) in [6.07, 6.45) is 0.822. The van der Waals surface area contributed by atoms with E-state index >= 15 is 0 Å². The number of carbonyl (C=O) groups is 2. The van der Waals surface area contributed by atoms with Gasteiger partial charge in [-0.2, -0.15) is 0 Å². The quantitative estimate of drug-likeness (QED) is 0.695. The van der Waals surface area contributed by atoms with Gasteiger partial charge in [-0.1, -0.05) is 18.2 Å². The Morgan fingerprint density at radius 1 is 1.17 bits per heavy atom. The number of amides is 2. The number of nitrogens with one attached hydrogen (secondary N) is 1. The molecular weight excluding hydrogens is 373 g/mol. The molecule has 1 saturated heterocycles. The highest BCUT2D eigenvalue weighted by atomic mass is 19.1. The summed E-state index contributed by atoms with van der Waals surface area (Å²) >= 11 is 0. The van der Waals surface area contributed by atoms with Gasteiger partial charge in [-0.15, -0.1) is 0 Å². The minimum Gasteiger partial charge on any atom is -0.497 e. The average molecular weight is 393 g/mol. The summed E-state index contributed by atoms with van der Waals surface area (Å²) in [5.74, 6) is -0.128. The molecule has 1 fully saturated rings. The van der Waals surface area contributed by atoms with Crippen molar-refractivity contribution >= 4 is 28.4 Å². The van der Waals surface area contributed by atoms with Crippen LogP contribution in [0.5, 0.6) is 5.75 Å². The molecule has 1 atom stereocenters. The topological polar surface area (TPSA) is 65.6 Å². The standard InChI is InChI=1S/C22H20FN3O3/c1-29-14-5-2-4-13(10-14)26-20(27)11-19(22(26)28)25-9-8-18-16(12-25)15-6-3-7-17(23)21(15)24-18/h2-7,10,19,24H,8-9,11-12H2,1H3. The number of anilines is 1. The van der Waals surface area contributed by atoms with Crippen LogP contribution in [-0.4, -0.2) is 41.4 Å². The Hall–Kier alpha value is -3.19. The van der Waals surface area contributed by atoms with Crippen LogP contribution in [0.2, 0.25) is 0 Å². The molecular formula is C22H20FN3O3. The number of nitrogens with zero attached hydrogens (tertiary/aromatic N) is 2. The number of imide groups is 1. The number of para-hydroxylation sites is 1. The van der Waals surface area contributed by atoms with Crippen LogP contribution in [-0.2, 0) is 22.6 Å². The molecule has 0 radical (unpaired) electrons. The van der Waals surface area contributed by atoms with Crippen LogP contribution in [0.1, 0.15) is 17.7 Å². The van der Waals surface area contributed by atoms with Crippen LogP contribution < -0.4 is 9.64 Å². The molecule has 0 saturated carbocycles. The molecule has 0 aliphatic carbocycles. The Kier molecular flexibility index (Phi) is 4.13. The van der Waals surface area contributed by atoms with E-state index in [2.05, 4.69) is 4.98 Å². The van der Waals surface area contributed by atoms with Gasteiger partial charge in [-0.3, -0.25) is 14.5 Å². The normalized spacial score (nSPS) is 19.8. The predicted molar refractivity (Wildman–Crippen MR) is 106 cm³/mol. The molecule has 2 aliphatic heterocycles. The first-order chi connectivity index (χ1) is 14.1. The van der Waals surface area contributed by atoms with Gasteiger partial charge in [-0.05, 0) is 23.8 Å². The number of hydrogen-bond acceptors (Lipinski definition) is 4. The van der Waals surface area contributed by atoms with Gasteiger partial charge in [0.2, 0.25) is 5.91 Å². The predicted octanol–water partition coefficient (Wildman–Crippen LogP) is 3.01. The largest absolute Gasteiger partial charge is 0.497 e. The summed E-state index contributed by atoms with van der Waals surface area (Å²) in [5.41, 5.74) is 3.04. The Bertz CT molecular complexity index is 1140. The van der Waals surface area contributed by atoms with Crippen LogP contribution in [0.3, 0.4) is 0 Å². The number of aromatic nitrogens is 1. The van der Waals surface area contributed by atoms with Gasteiger partial charge >= 0.3 is 0 Å². The van der Waals surface area contributed by atoms with E-state index in [1.165, 1.54) is 11.0 Å².